The molecule has 0 aliphatic carbocycles. The van der Waals surface area contributed by atoms with Gasteiger partial charge in [-0.1, -0.05) is 12.1 Å². The molecule has 20 heavy (non-hydrogen) atoms. The fourth-order valence-electron chi connectivity index (χ4n) is 2.13. The molecule has 0 aromatic heterocycles. The molecule has 1 rings (SSSR count). The third-order valence-corrected chi connectivity index (χ3v) is 3.42. The van der Waals surface area contributed by atoms with Crippen LogP contribution < -0.4 is 10.6 Å². The fraction of sp³-hybridized carbons (Fsp3) is 0.562. The summed E-state index contributed by atoms with van der Waals surface area (Å²) in [4.78, 5) is 15.6. The molecule has 2 N–H and O–H groups in total. The number of nitrogens with two attached hydrogens (primary N) is 1. The van der Waals surface area contributed by atoms with Crippen LogP contribution in [0.25, 0.3) is 0 Å². The summed E-state index contributed by atoms with van der Waals surface area (Å²) in [5, 5.41) is 0. The Kier molecular flexibility index (Phi) is 6.52. The maximum absolute atomic E-state index is 11.6. The summed E-state index contributed by atoms with van der Waals surface area (Å²) < 4.78 is 0. The zero-order valence-corrected chi connectivity index (χ0v) is 13.1. The van der Waals surface area contributed by atoms with Crippen molar-refractivity contribution in [2.45, 2.75) is 39.3 Å². The summed E-state index contributed by atoms with van der Waals surface area (Å²) in [6.45, 7) is 5.80. The van der Waals surface area contributed by atoms with Crippen LogP contribution in [0, 0.1) is 0 Å². The lowest BCUT2D eigenvalue weighted by Gasteiger charge is -2.29. The summed E-state index contributed by atoms with van der Waals surface area (Å²) in [5.41, 5.74) is 7.95. The van der Waals surface area contributed by atoms with Gasteiger partial charge in [0.25, 0.3) is 0 Å². The minimum absolute atomic E-state index is 0.187. The molecule has 0 unspecified atom stereocenters. The maximum atomic E-state index is 11.6. The average molecular weight is 277 g/mol. The Morgan fingerprint density at radius 3 is 2.25 bits per heavy atom. The summed E-state index contributed by atoms with van der Waals surface area (Å²) in [7, 11) is 3.60. The molecular weight excluding hydrogens is 250 g/mol. The van der Waals surface area contributed by atoms with E-state index >= 15 is 0 Å². The van der Waals surface area contributed by atoms with Gasteiger partial charge in [0.1, 0.15) is 0 Å². The molecule has 0 spiro atoms. The smallest absolute Gasteiger partial charge is 0.222 e. The number of rotatable bonds is 7. The first-order valence-electron chi connectivity index (χ1n) is 7.21. The minimum atomic E-state index is 0.187. The molecule has 1 amide bonds. The second-order valence-corrected chi connectivity index (χ2v) is 5.55. The van der Waals surface area contributed by atoms with Gasteiger partial charge in [-0.15, -0.1) is 0 Å². The predicted octanol–water partition coefficient (Wildman–Crippen LogP) is 2.23. The SMILES string of the molecule is CC(C)N(CCCC(=O)N(C)C)c1ccc(CN)cc1. The van der Waals surface area contributed by atoms with E-state index in [0.717, 1.165) is 18.5 Å². The average Bonchev–Trinajstić information content (AvgIpc) is 2.43. The molecule has 0 aliphatic heterocycles. The molecule has 0 radical (unpaired) electrons. The number of nitrogens with zero attached hydrogens (tertiary/aromatic N) is 2. The Morgan fingerprint density at radius 1 is 1.20 bits per heavy atom. The predicted molar refractivity (Wildman–Crippen MR) is 84.7 cm³/mol. The van der Waals surface area contributed by atoms with Crippen LogP contribution in [0.1, 0.15) is 32.3 Å². The van der Waals surface area contributed by atoms with Gasteiger partial charge in [0.05, 0.1) is 0 Å². The molecule has 1 aromatic carbocycles. The van der Waals surface area contributed by atoms with Crippen LogP contribution in [-0.4, -0.2) is 37.5 Å². The van der Waals surface area contributed by atoms with Gasteiger partial charge in [-0.25, -0.2) is 0 Å². The van der Waals surface area contributed by atoms with Gasteiger partial charge >= 0.3 is 0 Å². The van der Waals surface area contributed by atoms with E-state index in [1.165, 1.54) is 5.69 Å². The van der Waals surface area contributed by atoms with Crippen molar-refractivity contribution in [3.05, 3.63) is 29.8 Å². The van der Waals surface area contributed by atoms with Crippen molar-refractivity contribution in [3.8, 4) is 0 Å². The van der Waals surface area contributed by atoms with E-state index in [1.807, 2.05) is 0 Å². The lowest BCUT2D eigenvalue weighted by Crippen LogP contribution is -2.32. The van der Waals surface area contributed by atoms with Gasteiger partial charge in [-0.3, -0.25) is 4.79 Å². The first-order chi connectivity index (χ1) is 9.45. The monoisotopic (exact) mass is 277 g/mol. The third-order valence-electron chi connectivity index (χ3n) is 3.42. The molecule has 4 nitrogen and oxygen atoms in total. The third kappa shape index (κ3) is 4.85. The van der Waals surface area contributed by atoms with E-state index < -0.39 is 0 Å². The van der Waals surface area contributed by atoms with Crippen molar-refractivity contribution in [1.29, 1.82) is 0 Å². The van der Waals surface area contributed by atoms with Crippen LogP contribution in [0.15, 0.2) is 24.3 Å². The number of hydrogen-bond acceptors (Lipinski definition) is 3. The van der Waals surface area contributed by atoms with Crippen molar-refractivity contribution >= 4 is 11.6 Å². The number of carbonyl (C=O) groups is 1. The maximum Gasteiger partial charge on any atom is 0.222 e. The second kappa shape index (κ2) is 7.90. The molecule has 0 aliphatic rings. The van der Waals surface area contributed by atoms with Crippen molar-refractivity contribution < 1.29 is 4.79 Å². The summed E-state index contributed by atoms with van der Waals surface area (Å²) in [6.07, 6.45) is 1.46. The zero-order valence-electron chi connectivity index (χ0n) is 13.1. The molecule has 0 heterocycles. The van der Waals surface area contributed by atoms with E-state index in [1.54, 1.807) is 19.0 Å². The van der Waals surface area contributed by atoms with Gasteiger partial charge in [0, 0.05) is 45.3 Å². The number of carbonyl (C=O) groups excluding carboxylic acids is 1. The Hall–Kier alpha value is -1.55. The normalized spacial score (nSPS) is 10.7. The number of anilines is 1. The lowest BCUT2D eigenvalue weighted by molar-refractivity contribution is -0.128. The highest BCUT2D eigenvalue weighted by molar-refractivity contribution is 5.75. The first-order valence-corrected chi connectivity index (χ1v) is 7.21. The lowest BCUT2D eigenvalue weighted by atomic mass is 10.1. The Labute approximate surface area is 122 Å². The van der Waals surface area contributed by atoms with Crippen molar-refractivity contribution in [2.75, 3.05) is 25.5 Å². The molecule has 0 saturated carbocycles. The highest BCUT2D eigenvalue weighted by Gasteiger charge is 2.11. The Bertz CT molecular complexity index is 412. The van der Waals surface area contributed by atoms with Crippen LogP contribution >= 0.6 is 0 Å². The molecule has 0 saturated heterocycles. The quantitative estimate of drug-likeness (QED) is 0.831. The topological polar surface area (TPSA) is 49.6 Å². The number of amides is 1. The van der Waals surface area contributed by atoms with Gasteiger partial charge in [0.2, 0.25) is 5.91 Å². The molecule has 4 heteroatoms. The number of hydrogen-bond donors (Lipinski definition) is 1. The largest absolute Gasteiger partial charge is 0.369 e. The van der Waals surface area contributed by atoms with Crippen LogP contribution in [0.2, 0.25) is 0 Å². The van der Waals surface area contributed by atoms with Crippen molar-refractivity contribution in [1.82, 2.24) is 4.90 Å². The molecule has 0 fully saturated rings. The van der Waals surface area contributed by atoms with Gasteiger partial charge in [-0.2, -0.15) is 0 Å². The van der Waals surface area contributed by atoms with E-state index in [4.69, 9.17) is 5.73 Å². The van der Waals surface area contributed by atoms with Gasteiger partial charge < -0.3 is 15.5 Å². The zero-order chi connectivity index (χ0) is 15.1. The van der Waals surface area contributed by atoms with Crippen LogP contribution in [-0.2, 0) is 11.3 Å². The standard InChI is InChI=1S/C16H27N3O/c1-13(2)19(11-5-6-16(20)18(3)4)15-9-7-14(12-17)8-10-15/h7-10,13H,5-6,11-12,17H2,1-4H3. The van der Waals surface area contributed by atoms with Crippen molar-refractivity contribution in [2.24, 2.45) is 5.73 Å². The Morgan fingerprint density at radius 2 is 1.80 bits per heavy atom. The molecule has 0 atom stereocenters. The van der Waals surface area contributed by atoms with Gasteiger partial charge in [0.15, 0.2) is 0 Å². The first kappa shape index (κ1) is 16.5. The second-order valence-electron chi connectivity index (χ2n) is 5.55. The number of benzene rings is 1. The van der Waals surface area contributed by atoms with Crippen LogP contribution in [0.3, 0.4) is 0 Å². The Balaban J connectivity index is 2.62. The highest BCUT2D eigenvalue weighted by atomic mass is 16.2. The molecular formula is C16H27N3O. The molecule has 0 bridgehead atoms. The van der Waals surface area contributed by atoms with E-state index in [-0.39, 0.29) is 5.91 Å². The molecule has 1 aromatic rings. The fourth-order valence-corrected chi connectivity index (χ4v) is 2.13. The van der Waals surface area contributed by atoms with Crippen LogP contribution in [0.5, 0.6) is 0 Å². The highest BCUT2D eigenvalue weighted by Crippen LogP contribution is 2.18. The van der Waals surface area contributed by atoms with Crippen LogP contribution in [0.4, 0.5) is 5.69 Å². The van der Waals surface area contributed by atoms with Gasteiger partial charge in [-0.05, 0) is 38.0 Å². The van der Waals surface area contributed by atoms with E-state index in [9.17, 15) is 4.79 Å². The summed E-state index contributed by atoms with van der Waals surface area (Å²) >= 11 is 0. The van der Waals surface area contributed by atoms with E-state index in [0.29, 0.717) is 19.0 Å². The summed E-state index contributed by atoms with van der Waals surface area (Å²) in [5.74, 6) is 0.187. The molecule has 112 valence electrons. The van der Waals surface area contributed by atoms with E-state index in [2.05, 4.69) is 43.0 Å². The minimum Gasteiger partial charge on any atom is -0.369 e. The van der Waals surface area contributed by atoms with Crippen molar-refractivity contribution in [3.63, 3.8) is 0 Å². The summed E-state index contributed by atoms with van der Waals surface area (Å²) in [6, 6.07) is 8.75.